The summed E-state index contributed by atoms with van der Waals surface area (Å²) in [6.07, 6.45) is 3.95. The quantitative estimate of drug-likeness (QED) is 0.484. The van der Waals surface area contributed by atoms with Crippen molar-refractivity contribution in [2.75, 3.05) is 0 Å². The molecule has 1 unspecified atom stereocenters. The molecule has 1 nitrogen and oxygen atoms in total. The Balaban J connectivity index is 2.33. The molecule has 0 spiro atoms. The predicted octanol–water partition coefficient (Wildman–Crippen LogP) is 1.13. The molecule has 1 aliphatic carbocycles. The zero-order valence-corrected chi connectivity index (χ0v) is 4.85. The summed E-state index contributed by atoms with van der Waals surface area (Å²) in [5, 5.41) is 0. The van der Waals surface area contributed by atoms with Gasteiger partial charge < -0.3 is 5.73 Å². The largest absolute Gasteiger partial charge is 0.327 e. The minimum atomic E-state index is 0.514. The van der Waals surface area contributed by atoms with E-state index >= 15 is 0 Å². The van der Waals surface area contributed by atoms with Crippen LogP contribution in [0, 0.1) is 5.92 Å². The Kier molecular flexibility index (Phi) is 1.33. The van der Waals surface area contributed by atoms with Crippen LogP contribution in [0.25, 0.3) is 0 Å². The molecule has 0 radical (unpaired) electrons. The Morgan fingerprint density at radius 2 is 2.14 bits per heavy atom. The van der Waals surface area contributed by atoms with Gasteiger partial charge in [0, 0.05) is 6.04 Å². The molecule has 2 atom stereocenters. The fraction of sp³-hybridized carbons (Fsp3) is 1.00. The Morgan fingerprint density at radius 1 is 1.43 bits per heavy atom. The van der Waals surface area contributed by atoms with Crippen molar-refractivity contribution in [3.63, 3.8) is 0 Å². The van der Waals surface area contributed by atoms with Gasteiger partial charge in [0.25, 0.3) is 0 Å². The molecule has 1 heteroatoms. The second kappa shape index (κ2) is 1.83. The van der Waals surface area contributed by atoms with Crippen LogP contribution in [0.3, 0.4) is 0 Å². The first-order chi connectivity index (χ1) is 3.30. The number of nitrogens with two attached hydrogens (primary N) is 1. The smallest absolute Gasteiger partial charge is 0.00645 e. The number of hydrogen-bond donors (Lipinski definition) is 1. The average molecular weight is 99.2 g/mol. The first-order valence-electron chi connectivity index (χ1n) is 3.06. The van der Waals surface area contributed by atoms with E-state index in [0.29, 0.717) is 6.04 Å². The average Bonchev–Trinajstić information content (AvgIpc) is 1.91. The summed E-state index contributed by atoms with van der Waals surface area (Å²) in [4.78, 5) is 0. The third-order valence-corrected chi connectivity index (χ3v) is 1.93. The van der Waals surface area contributed by atoms with Gasteiger partial charge in [0.1, 0.15) is 0 Å². The van der Waals surface area contributed by atoms with Crippen molar-refractivity contribution < 1.29 is 0 Å². The molecule has 42 valence electrons. The highest BCUT2D eigenvalue weighted by Gasteiger charge is 2.18. The van der Waals surface area contributed by atoms with Gasteiger partial charge in [-0.25, -0.2) is 0 Å². The minimum absolute atomic E-state index is 0.514. The first-order valence-corrected chi connectivity index (χ1v) is 3.06. The normalized spacial score (nSPS) is 42.0. The lowest BCUT2D eigenvalue weighted by atomic mass is 10.1. The maximum Gasteiger partial charge on any atom is 0.00645 e. The van der Waals surface area contributed by atoms with Gasteiger partial charge in [0.2, 0.25) is 0 Å². The minimum Gasteiger partial charge on any atom is -0.327 e. The summed E-state index contributed by atoms with van der Waals surface area (Å²) in [5.41, 5.74) is 5.68. The van der Waals surface area contributed by atoms with E-state index in [2.05, 4.69) is 6.92 Å². The fourth-order valence-corrected chi connectivity index (χ4v) is 1.17. The van der Waals surface area contributed by atoms with Crippen molar-refractivity contribution >= 4 is 0 Å². The summed E-state index contributed by atoms with van der Waals surface area (Å²) >= 11 is 0. The van der Waals surface area contributed by atoms with Crippen LogP contribution in [-0.4, -0.2) is 6.04 Å². The van der Waals surface area contributed by atoms with Crippen molar-refractivity contribution in [1.82, 2.24) is 0 Å². The fourth-order valence-electron chi connectivity index (χ4n) is 1.17. The Bertz CT molecular complexity index is 53.2. The molecule has 1 fully saturated rings. The van der Waals surface area contributed by atoms with E-state index in [1.54, 1.807) is 0 Å². The molecule has 0 aromatic heterocycles. The molecule has 0 heterocycles. The predicted molar refractivity (Wildman–Crippen MR) is 31.0 cm³/mol. The Labute approximate surface area is 44.9 Å². The molecular weight excluding hydrogens is 86.1 g/mol. The van der Waals surface area contributed by atoms with Crippen molar-refractivity contribution in [2.45, 2.75) is 32.2 Å². The van der Waals surface area contributed by atoms with Gasteiger partial charge in [-0.3, -0.25) is 0 Å². The Hall–Kier alpha value is -0.0400. The van der Waals surface area contributed by atoms with E-state index in [4.69, 9.17) is 5.73 Å². The summed E-state index contributed by atoms with van der Waals surface area (Å²) in [6, 6.07) is 0.514. The summed E-state index contributed by atoms with van der Waals surface area (Å²) < 4.78 is 0. The van der Waals surface area contributed by atoms with Gasteiger partial charge in [-0.1, -0.05) is 13.3 Å². The van der Waals surface area contributed by atoms with E-state index in [9.17, 15) is 0 Å². The maximum absolute atomic E-state index is 5.68. The van der Waals surface area contributed by atoms with E-state index in [1.165, 1.54) is 19.3 Å². The van der Waals surface area contributed by atoms with Gasteiger partial charge >= 0.3 is 0 Å². The van der Waals surface area contributed by atoms with Gasteiger partial charge in [0.15, 0.2) is 0 Å². The number of rotatable bonds is 0. The van der Waals surface area contributed by atoms with Crippen LogP contribution >= 0.6 is 0 Å². The number of hydrogen-bond acceptors (Lipinski definition) is 1. The molecule has 7 heavy (non-hydrogen) atoms. The molecule has 2 N–H and O–H groups in total. The zero-order valence-electron chi connectivity index (χ0n) is 4.85. The van der Waals surface area contributed by atoms with Crippen LogP contribution in [0.5, 0.6) is 0 Å². The second-order valence-electron chi connectivity index (χ2n) is 2.57. The third-order valence-electron chi connectivity index (χ3n) is 1.93. The van der Waals surface area contributed by atoms with Crippen molar-refractivity contribution in [3.05, 3.63) is 0 Å². The molecule has 1 rings (SSSR count). The summed E-state index contributed by atoms with van der Waals surface area (Å²) in [6.45, 7) is 2.23. The van der Waals surface area contributed by atoms with E-state index in [1.807, 2.05) is 0 Å². The lowest BCUT2D eigenvalue weighted by molar-refractivity contribution is 0.527. The second-order valence-corrected chi connectivity index (χ2v) is 2.57. The van der Waals surface area contributed by atoms with Crippen molar-refractivity contribution in [3.8, 4) is 0 Å². The monoisotopic (exact) mass is 99.1 g/mol. The van der Waals surface area contributed by atoms with Gasteiger partial charge in [0.05, 0.1) is 0 Å². The third kappa shape index (κ3) is 0.942. The molecule has 1 aliphatic rings. The van der Waals surface area contributed by atoms with E-state index in [0.717, 1.165) is 5.92 Å². The molecule has 0 saturated heterocycles. The van der Waals surface area contributed by atoms with Crippen LogP contribution < -0.4 is 5.73 Å². The van der Waals surface area contributed by atoms with E-state index < -0.39 is 0 Å². The van der Waals surface area contributed by atoms with Gasteiger partial charge in [-0.05, 0) is 18.8 Å². The van der Waals surface area contributed by atoms with Crippen LogP contribution in [-0.2, 0) is 0 Å². The highest BCUT2D eigenvalue weighted by atomic mass is 14.7. The van der Waals surface area contributed by atoms with Crippen LogP contribution in [0.15, 0.2) is 0 Å². The lowest BCUT2D eigenvalue weighted by Gasteiger charge is -2.05. The van der Waals surface area contributed by atoms with Gasteiger partial charge in [-0.2, -0.15) is 0 Å². The van der Waals surface area contributed by atoms with Crippen LogP contribution in [0.4, 0.5) is 0 Å². The van der Waals surface area contributed by atoms with Crippen molar-refractivity contribution in [2.24, 2.45) is 11.7 Å². The summed E-state index contributed by atoms with van der Waals surface area (Å²) in [5.74, 6) is 0.792. The highest BCUT2D eigenvalue weighted by molar-refractivity contribution is 4.75. The molecular formula is C6H13N. The van der Waals surface area contributed by atoms with Gasteiger partial charge in [-0.15, -0.1) is 0 Å². The molecule has 1 saturated carbocycles. The van der Waals surface area contributed by atoms with E-state index in [-0.39, 0.29) is 0 Å². The standard InChI is InChI=1S/C6H13N/c1-5-3-2-4-6(5)7/h5-6H,2-4,7H2,1H3/t5-,6?/m0/s1. The topological polar surface area (TPSA) is 26.0 Å². The van der Waals surface area contributed by atoms with Crippen molar-refractivity contribution in [1.29, 1.82) is 0 Å². The van der Waals surface area contributed by atoms with Crippen LogP contribution in [0.2, 0.25) is 0 Å². The Morgan fingerprint density at radius 3 is 2.29 bits per heavy atom. The SMILES string of the molecule is C[C@H]1CCCC1N. The molecule has 0 aliphatic heterocycles. The first kappa shape index (κ1) is 5.10. The zero-order chi connectivity index (χ0) is 5.28. The molecule has 0 aromatic rings. The molecule has 0 bridgehead atoms. The lowest BCUT2D eigenvalue weighted by Crippen LogP contribution is -2.21. The molecule has 0 amide bonds. The highest BCUT2D eigenvalue weighted by Crippen LogP contribution is 2.22. The maximum atomic E-state index is 5.68. The summed E-state index contributed by atoms with van der Waals surface area (Å²) in [7, 11) is 0. The van der Waals surface area contributed by atoms with Crippen LogP contribution in [0.1, 0.15) is 26.2 Å². The molecule has 0 aromatic carbocycles.